The summed E-state index contributed by atoms with van der Waals surface area (Å²) >= 11 is 0. The van der Waals surface area contributed by atoms with Gasteiger partial charge in [0.25, 0.3) is 0 Å². The molecule has 0 aliphatic carbocycles. The highest BCUT2D eigenvalue weighted by Gasteiger charge is 2.47. The highest BCUT2D eigenvalue weighted by molar-refractivity contribution is 7.83. The summed E-state index contributed by atoms with van der Waals surface area (Å²) in [6, 6.07) is 5.86. The molecule has 0 saturated heterocycles. The highest BCUT2D eigenvalue weighted by atomic mass is 32.2. The Morgan fingerprint density at radius 3 is 2.50 bits per heavy atom. The number of nitrogens with zero attached hydrogens (tertiary/aromatic N) is 1. The molecule has 2 rings (SSSR count). The van der Waals surface area contributed by atoms with Crippen molar-refractivity contribution in [2.45, 2.75) is 58.3 Å². The molecule has 0 amide bonds. The Bertz CT molecular complexity index is 795. The van der Waals surface area contributed by atoms with Crippen LogP contribution >= 0.6 is 0 Å². The summed E-state index contributed by atoms with van der Waals surface area (Å²) in [6.07, 6.45) is 3.33. The van der Waals surface area contributed by atoms with Crippen LogP contribution in [0.3, 0.4) is 0 Å². The van der Waals surface area contributed by atoms with Crippen molar-refractivity contribution >= 4 is 27.6 Å². The second kappa shape index (κ2) is 6.64. The second-order valence-corrected chi connectivity index (χ2v) is 8.22. The van der Waals surface area contributed by atoms with E-state index in [4.69, 9.17) is 10.2 Å². The van der Waals surface area contributed by atoms with E-state index in [1.807, 2.05) is 32.0 Å². The molecule has 1 heterocycles. The molecule has 0 radical (unpaired) electrons. The van der Waals surface area contributed by atoms with Crippen LogP contribution in [0.4, 0.5) is 5.69 Å². The number of nitrogens with two attached hydrogens (primary N) is 1. The van der Waals surface area contributed by atoms with Gasteiger partial charge in [0.15, 0.2) is 5.71 Å². The molecule has 132 valence electrons. The monoisotopic (exact) mass is 353 g/mol. The Kier molecular flexibility index (Phi) is 5.15. The summed E-state index contributed by atoms with van der Waals surface area (Å²) in [5.74, 6) is -0.774. The van der Waals surface area contributed by atoms with Crippen molar-refractivity contribution in [2.24, 2.45) is 5.14 Å². The molecule has 7 heteroatoms. The third-order valence-electron chi connectivity index (χ3n) is 4.77. The molecule has 6 nitrogen and oxygen atoms in total. The van der Waals surface area contributed by atoms with Crippen LogP contribution in [0.15, 0.2) is 18.2 Å². The zero-order chi connectivity index (χ0) is 18.1. The van der Waals surface area contributed by atoms with Crippen LogP contribution in [0.5, 0.6) is 0 Å². The minimum atomic E-state index is -3.86. The Labute approximate surface area is 143 Å². The maximum atomic E-state index is 12.0. The Hall–Kier alpha value is -1.73. The number of rotatable bonds is 7. The maximum Gasteiger partial charge on any atom is 0.442 e. The van der Waals surface area contributed by atoms with Crippen molar-refractivity contribution < 1.29 is 22.3 Å². The first kappa shape index (κ1) is 18.6. The lowest BCUT2D eigenvalue weighted by Gasteiger charge is -2.14. The second-order valence-electron chi connectivity index (χ2n) is 6.83. The van der Waals surface area contributed by atoms with Crippen LogP contribution in [-0.2, 0) is 26.8 Å². The van der Waals surface area contributed by atoms with Crippen LogP contribution < -0.4 is 5.14 Å². The number of carboxylic acid groups (broad SMARTS) is 1. The number of hydrogen-bond donors (Lipinski definition) is 2. The van der Waals surface area contributed by atoms with Gasteiger partial charge in [-0.1, -0.05) is 22.5 Å². The van der Waals surface area contributed by atoms with Gasteiger partial charge >= 0.3 is 16.2 Å². The van der Waals surface area contributed by atoms with Crippen LogP contribution in [0.2, 0.25) is 0 Å². The van der Waals surface area contributed by atoms with Gasteiger partial charge in [0.2, 0.25) is 5.69 Å². The summed E-state index contributed by atoms with van der Waals surface area (Å²) in [4.78, 5) is 10.5. The van der Waals surface area contributed by atoms with Gasteiger partial charge in [0.1, 0.15) is 0 Å². The molecule has 0 fully saturated rings. The number of fused-ring (bicyclic) bond motifs is 1. The molecule has 0 spiro atoms. The molecular formula is C17H25N2O4S+. The lowest BCUT2D eigenvalue weighted by molar-refractivity contribution is -0.259. The Balaban J connectivity index is 2.22. The van der Waals surface area contributed by atoms with Gasteiger partial charge in [-0.25, -0.2) is 0 Å². The predicted molar refractivity (Wildman–Crippen MR) is 93.0 cm³/mol. The number of carboxylic acids is 1. The summed E-state index contributed by atoms with van der Waals surface area (Å²) < 4.78 is 25.2. The van der Waals surface area contributed by atoms with E-state index in [2.05, 4.69) is 0 Å². The van der Waals surface area contributed by atoms with Crippen molar-refractivity contribution in [2.75, 3.05) is 0 Å². The van der Waals surface area contributed by atoms with E-state index in [-0.39, 0.29) is 11.8 Å². The molecular weight excluding hydrogens is 328 g/mol. The average Bonchev–Trinajstić information content (AvgIpc) is 2.65. The average molecular weight is 353 g/mol. The first-order chi connectivity index (χ1) is 11.0. The van der Waals surface area contributed by atoms with Gasteiger partial charge < -0.3 is 5.11 Å². The normalized spacial score (nSPS) is 16.3. The molecule has 0 saturated carbocycles. The van der Waals surface area contributed by atoms with Crippen LogP contribution in [0.25, 0.3) is 0 Å². The Morgan fingerprint density at radius 2 is 1.92 bits per heavy atom. The number of aryl methyl sites for hydroxylation is 1. The molecule has 1 aliphatic rings. The standard InChI is InChI=1S/C17H24N2O4S/c1-12-17(2,3)14-10-9-13(7-5-4-6-8-16(20)21)11-15(14)19(12)24(18,22)23/h9-11H,4-8H2,1-3H3,(H2-,18,20,21,22,23)/p+1. The molecule has 1 aromatic carbocycles. The number of unbranched alkanes of at least 4 members (excludes halogenated alkanes) is 2. The number of benzene rings is 1. The van der Waals surface area contributed by atoms with Gasteiger partial charge in [-0.15, -0.1) is 8.42 Å². The van der Waals surface area contributed by atoms with Gasteiger partial charge in [0, 0.05) is 25.0 Å². The van der Waals surface area contributed by atoms with Crippen LogP contribution in [0.1, 0.15) is 57.6 Å². The highest BCUT2D eigenvalue weighted by Crippen LogP contribution is 2.40. The molecule has 0 atom stereocenters. The quantitative estimate of drug-likeness (QED) is 0.581. The molecule has 0 unspecified atom stereocenters. The number of hydrogen-bond acceptors (Lipinski definition) is 3. The van der Waals surface area contributed by atoms with E-state index >= 15 is 0 Å². The SMILES string of the molecule is CC1=[N+](S(N)(=O)=O)c2cc(CCCCCC(=O)O)ccc2C1(C)C. The predicted octanol–water partition coefficient (Wildman–Crippen LogP) is 2.47. The van der Waals surface area contributed by atoms with Gasteiger partial charge in [-0.2, -0.15) is 5.14 Å². The zero-order valence-electron chi connectivity index (χ0n) is 14.4. The molecule has 0 aromatic heterocycles. The van der Waals surface area contributed by atoms with Crippen molar-refractivity contribution in [1.82, 2.24) is 0 Å². The van der Waals surface area contributed by atoms with E-state index in [1.54, 1.807) is 6.92 Å². The lowest BCUT2D eigenvalue weighted by Crippen LogP contribution is -2.32. The summed E-state index contributed by atoms with van der Waals surface area (Å²) in [7, 11) is -3.86. The van der Waals surface area contributed by atoms with Crippen molar-refractivity contribution in [3.8, 4) is 0 Å². The molecule has 24 heavy (non-hydrogen) atoms. The van der Waals surface area contributed by atoms with Crippen molar-refractivity contribution in [1.29, 1.82) is 0 Å². The van der Waals surface area contributed by atoms with Crippen molar-refractivity contribution in [3.63, 3.8) is 0 Å². The molecule has 3 N–H and O–H groups in total. The van der Waals surface area contributed by atoms with E-state index in [1.165, 1.54) is 3.98 Å². The largest absolute Gasteiger partial charge is 0.481 e. The fourth-order valence-corrected chi connectivity index (χ4v) is 4.20. The number of aliphatic carboxylic acids is 1. The van der Waals surface area contributed by atoms with E-state index in [0.717, 1.165) is 30.4 Å². The van der Waals surface area contributed by atoms with E-state index in [9.17, 15) is 13.2 Å². The first-order valence-corrected chi connectivity index (χ1v) is 9.57. The lowest BCUT2D eigenvalue weighted by atomic mass is 9.82. The fourth-order valence-electron chi connectivity index (χ4n) is 3.17. The topological polar surface area (TPSA) is 100 Å². The molecule has 1 aliphatic heterocycles. The van der Waals surface area contributed by atoms with E-state index < -0.39 is 16.2 Å². The summed E-state index contributed by atoms with van der Waals surface area (Å²) in [6.45, 7) is 5.76. The van der Waals surface area contributed by atoms with Gasteiger partial charge in [-0.05, 0) is 38.7 Å². The third-order valence-corrected chi connectivity index (χ3v) is 5.75. The van der Waals surface area contributed by atoms with Gasteiger partial charge in [-0.3, -0.25) is 4.79 Å². The summed E-state index contributed by atoms with van der Waals surface area (Å²) in [5.41, 5.74) is 2.91. The third kappa shape index (κ3) is 3.67. The minimum absolute atomic E-state index is 0.186. The zero-order valence-corrected chi connectivity index (χ0v) is 15.2. The Morgan fingerprint density at radius 1 is 1.25 bits per heavy atom. The van der Waals surface area contributed by atoms with Gasteiger partial charge in [0.05, 0.1) is 5.41 Å². The van der Waals surface area contributed by atoms with Crippen molar-refractivity contribution in [3.05, 3.63) is 29.3 Å². The van der Waals surface area contributed by atoms with Crippen LogP contribution in [0, 0.1) is 0 Å². The van der Waals surface area contributed by atoms with E-state index in [0.29, 0.717) is 17.8 Å². The minimum Gasteiger partial charge on any atom is -0.481 e. The summed E-state index contributed by atoms with van der Waals surface area (Å²) in [5, 5.41) is 14.0. The smallest absolute Gasteiger partial charge is 0.442 e. The fraction of sp³-hybridized carbons (Fsp3) is 0.529. The maximum absolute atomic E-state index is 12.0. The first-order valence-electron chi connectivity index (χ1n) is 8.07. The number of carbonyl (C=O) groups is 1. The molecule has 0 bridgehead atoms. The van der Waals surface area contributed by atoms with Crippen LogP contribution in [-0.4, -0.2) is 29.2 Å². The molecule has 1 aromatic rings.